The molecule has 2 heterocycles. The number of carbonyl (C=O) groups excluding carboxylic acids is 1. The molecule has 4 aromatic rings. The van der Waals surface area contributed by atoms with Crippen molar-refractivity contribution in [1.29, 1.82) is 0 Å². The molecule has 32 heavy (non-hydrogen) atoms. The van der Waals surface area contributed by atoms with E-state index in [1.807, 2.05) is 0 Å². The molecule has 0 aliphatic carbocycles. The van der Waals surface area contributed by atoms with E-state index in [1.165, 1.54) is 24.3 Å². The number of nitro groups is 1. The van der Waals surface area contributed by atoms with Gasteiger partial charge < -0.3 is 10.1 Å². The number of carbonyl (C=O) groups is 1. The number of aromatic nitrogens is 4. The second kappa shape index (κ2) is 8.30. The van der Waals surface area contributed by atoms with E-state index in [-0.39, 0.29) is 21.2 Å². The monoisotopic (exact) mass is 500 g/mol. The van der Waals surface area contributed by atoms with E-state index in [1.54, 1.807) is 31.2 Å². The molecular weight excluding hydrogens is 487 g/mol. The van der Waals surface area contributed by atoms with E-state index in [4.69, 9.17) is 0 Å². The van der Waals surface area contributed by atoms with Crippen LogP contribution >= 0.6 is 15.9 Å². The summed E-state index contributed by atoms with van der Waals surface area (Å²) < 4.78 is 16.6. The van der Waals surface area contributed by atoms with E-state index in [0.29, 0.717) is 11.2 Å². The van der Waals surface area contributed by atoms with Gasteiger partial charge in [-0.25, -0.2) is 9.37 Å². The first kappa shape index (κ1) is 21.3. The molecule has 12 heteroatoms. The molecule has 0 aliphatic rings. The van der Waals surface area contributed by atoms with Gasteiger partial charge in [0.2, 0.25) is 0 Å². The predicted octanol–water partition coefficient (Wildman–Crippen LogP) is 3.15. The van der Waals surface area contributed by atoms with Crippen LogP contribution in [-0.4, -0.2) is 30.3 Å². The summed E-state index contributed by atoms with van der Waals surface area (Å²) in [5, 5.41) is 15.1. The zero-order valence-electron chi connectivity index (χ0n) is 16.5. The largest absolute Gasteiger partial charge is 0.404 e. The van der Waals surface area contributed by atoms with Crippen LogP contribution in [0, 0.1) is 22.9 Å². The molecule has 4 rings (SSSR count). The van der Waals surface area contributed by atoms with Crippen molar-refractivity contribution in [2.24, 2.45) is 0 Å². The Labute approximate surface area is 187 Å². The van der Waals surface area contributed by atoms with Crippen LogP contribution in [0.1, 0.15) is 5.69 Å². The topological polar surface area (TPSA) is 125 Å². The molecule has 0 atom stereocenters. The number of hydrogen-bond donors (Lipinski definition) is 1. The average molecular weight is 501 g/mol. The van der Waals surface area contributed by atoms with E-state index in [2.05, 4.69) is 31.4 Å². The van der Waals surface area contributed by atoms with Gasteiger partial charge in [0.25, 0.3) is 11.5 Å². The first-order valence-electron chi connectivity index (χ1n) is 9.21. The van der Waals surface area contributed by atoms with Crippen LogP contribution in [0.15, 0.2) is 57.8 Å². The molecule has 0 aliphatic heterocycles. The normalized spacial score (nSPS) is 11.0. The lowest BCUT2D eigenvalue weighted by Crippen LogP contribution is -2.37. The average Bonchev–Trinajstić information content (AvgIpc) is 3.05. The summed E-state index contributed by atoms with van der Waals surface area (Å²) in [7, 11) is 0. The molecule has 1 amide bonds. The van der Waals surface area contributed by atoms with Crippen molar-refractivity contribution in [3.63, 3.8) is 0 Å². The molecule has 2 aromatic heterocycles. The number of para-hydroxylation sites is 1. The standard InChI is InChI=1S/C20H14BrFN6O4/c1-11-17(21)19(28(31)32)25-26(11)10-16(29)24-27-18(12-6-2-4-8-14(12)22)23-15-9-5-3-7-13(15)20(27)30/h2-9H,10H2,1H3,(H,24,29). The van der Waals surface area contributed by atoms with Gasteiger partial charge in [-0.2, -0.15) is 9.36 Å². The van der Waals surface area contributed by atoms with Gasteiger partial charge >= 0.3 is 5.82 Å². The SMILES string of the molecule is Cc1c(Br)c([N+](=O)[O-])nn1CC(=O)Nn1c(-c2ccccc2F)nc2ccccc2c1=O. The third-order valence-corrected chi connectivity index (χ3v) is 5.64. The maximum absolute atomic E-state index is 14.5. The molecule has 0 unspecified atom stereocenters. The fourth-order valence-corrected chi connectivity index (χ4v) is 3.56. The number of fused-ring (bicyclic) bond motifs is 1. The number of halogens is 2. The summed E-state index contributed by atoms with van der Waals surface area (Å²) in [5.74, 6) is -1.87. The number of hydrogen-bond acceptors (Lipinski definition) is 6. The first-order chi connectivity index (χ1) is 15.3. The van der Waals surface area contributed by atoms with Gasteiger partial charge in [0, 0.05) is 0 Å². The minimum absolute atomic E-state index is 0.0179. The molecule has 0 saturated heterocycles. The van der Waals surface area contributed by atoms with Gasteiger partial charge in [0.15, 0.2) is 5.82 Å². The smallest absolute Gasteiger partial charge is 0.358 e. The van der Waals surface area contributed by atoms with Crippen molar-refractivity contribution in [3.8, 4) is 11.4 Å². The summed E-state index contributed by atoms with van der Waals surface area (Å²) in [6.07, 6.45) is 0. The van der Waals surface area contributed by atoms with Gasteiger partial charge in [-0.05, 0) is 52.0 Å². The second-order valence-corrected chi connectivity index (χ2v) is 7.54. The van der Waals surface area contributed by atoms with Crippen molar-refractivity contribution in [2.45, 2.75) is 13.5 Å². The number of nitrogens with zero attached hydrogens (tertiary/aromatic N) is 5. The van der Waals surface area contributed by atoms with Crippen LogP contribution in [0.5, 0.6) is 0 Å². The van der Waals surface area contributed by atoms with Crippen molar-refractivity contribution >= 4 is 38.6 Å². The summed E-state index contributed by atoms with van der Waals surface area (Å²) >= 11 is 3.08. The molecule has 0 radical (unpaired) electrons. The van der Waals surface area contributed by atoms with Crippen LogP contribution in [-0.2, 0) is 11.3 Å². The molecule has 10 nitrogen and oxygen atoms in total. The fraction of sp³-hybridized carbons (Fsp3) is 0.100. The third kappa shape index (κ3) is 3.75. The molecule has 0 saturated carbocycles. The van der Waals surface area contributed by atoms with Crippen LogP contribution in [0.2, 0.25) is 0 Å². The maximum atomic E-state index is 14.5. The Morgan fingerprint density at radius 2 is 1.91 bits per heavy atom. The van der Waals surface area contributed by atoms with Crippen LogP contribution in [0.3, 0.4) is 0 Å². The Morgan fingerprint density at radius 3 is 2.59 bits per heavy atom. The molecule has 1 N–H and O–H groups in total. The molecule has 0 bridgehead atoms. The summed E-state index contributed by atoms with van der Waals surface area (Å²) in [6, 6.07) is 12.2. The molecule has 0 spiro atoms. The fourth-order valence-electron chi connectivity index (χ4n) is 3.13. The Balaban J connectivity index is 1.78. The van der Waals surface area contributed by atoms with Crippen molar-refractivity contribution in [1.82, 2.24) is 19.4 Å². The Morgan fingerprint density at radius 1 is 1.22 bits per heavy atom. The van der Waals surface area contributed by atoms with E-state index in [9.17, 15) is 24.1 Å². The number of benzene rings is 2. The van der Waals surface area contributed by atoms with Gasteiger partial charge in [-0.15, -0.1) is 0 Å². The first-order valence-corrected chi connectivity index (χ1v) is 10.0. The lowest BCUT2D eigenvalue weighted by molar-refractivity contribution is -0.390. The maximum Gasteiger partial charge on any atom is 0.404 e. The van der Waals surface area contributed by atoms with Gasteiger partial charge in [0.05, 0.1) is 27.3 Å². The molecule has 2 aromatic carbocycles. The van der Waals surface area contributed by atoms with Crippen LogP contribution in [0.25, 0.3) is 22.3 Å². The highest BCUT2D eigenvalue weighted by Crippen LogP contribution is 2.27. The quantitative estimate of drug-likeness (QED) is 0.331. The number of rotatable bonds is 5. The van der Waals surface area contributed by atoms with Crippen molar-refractivity contribution < 1.29 is 14.1 Å². The van der Waals surface area contributed by atoms with E-state index >= 15 is 0 Å². The highest BCUT2D eigenvalue weighted by molar-refractivity contribution is 9.10. The van der Waals surface area contributed by atoms with E-state index < -0.39 is 34.6 Å². The van der Waals surface area contributed by atoms with Gasteiger partial charge in [-0.1, -0.05) is 24.3 Å². The summed E-state index contributed by atoms with van der Waals surface area (Å²) in [4.78, 5) is 40.6. The highest BCUT2D eigenvalue weighted by Gasteiger charge is 2.25. The van der Waals surface area contributed by atoms with Crippen molar-refractivity contribution in [2.75, 3.05) is 5.43 Å². The zero-order chi connectivity index (χ0) is 23.0. The summed E-state index contributed by atoms with van der Waals surface area (Å²) in [5.41, 5.74) is 2.52. The van der Waals surface area contributed by atoms with Crippen molar-refractivity contribution in [3.05, 3.63) is 85.0 Å². The van der Waals surface area contributed by atoms with Gasteiger partial charge in [0.1, 0.15) is 16.8 Å². The van der Waals surface area contributed by atoms with E-state index in [0.717, 1.165) is 9.36 Å². The van der Waals surface area contributed by atoms with Crippen LogP contribution in [0.4, 0.5) is 10.2 Å². The second-order valence-electron chi connectivity index (χ2n) is 6.75. The predicted molar refractivity (Wildman–Crippen MR) is 117 cm³/mol. The number of amides is 1. The Hall–Kier alpha value is -3.93. The molecular formula is C20H14BrFN6O4. The minimum Gasteiger partial charge on any atom is -0.358 e. The molecule has 162 valence electrons. The number of nitrogens with one attached hydrogen (secondary N) is 1. The van der Waals surface area contributed by atoms with Gasteiger partial charge in [-0.3, -0.25) is 15.0 Å². The van der Waals surface area contributed by atoms with Crippen LogP contribution < -0.4 is 11.0 Å². The minimum atomic E-state index is -0.713. The summed E-state index contributed by atoms with van der Waals surface area (Å²) in [6.45, 7) is 1.13. The Kier molecular flexibility index (Phi) is 5.53. The highest BCUT2D eigenvalue weighted by atomic mass is 79.9. The Bertz CT molecular complexity index is 1450. The lowest BCUT2D eigenvalue weighted by Gasteiger charge is -2.15. The third-order valence-electron chi connectivity index (χ3n) is 4.71. The zero-order valence-corrected chi connectivity index (χ0v) is 18.0. The lowest BCUT2D eigenvalue weighted by atomic mass is 10.2. The molecule has 0 fully saturated rings.